The lowest BCUT2D eigenvalue weighted by atomic mass is 10.5. The molecule has 11 nitrogen and oxygen atoms in total. The van der Waals surface area contributed by atoms with Crippen molar-refractivity contribution in [3.05, 3.63) is 37.4 Å². The van der Waals surface area contributed by atoms with Crippen LogP contribution < -0.4 is 0 Å². The van der Waals surface area contributed by atoms with Gasteiger partial charge in [-0.1, -0.05) is 44.0 Å². The molecule has 216 valence electrons. The monoisotopic (exact) mass is 617 g/mol. The number of aromatic nitrogens is 4. The highest BCUT2D eigenvalue weighted by molar-refractivity contribution is 6.63. The Labute approximate surface area is 239 Å². The lowest BCUT2D eigenvalue weighted by Gasteiger charge is -2.13. The van der Waals surface area contributed by atoms with Gasteiger partial charge < -0.3 is 19.7 Å². The smallest absolute Gasteiger partial charge is 0.300 e. The van der Waals surface area contributed by atoms with Gasteiger partial charge in [0.05, 0.1) is 6.33 Å². The first-order valence-corrected chi connectivity index (χ1v) is 12.2. The van der Waals surface area contributed by atoms with Gasteiger partial charge in [0, 0.05) is 59.6 Å². The van der Waals surface area contributed by atoms with Gasteiger partial charge in [0.25, 0.3) is 5.97 Å². The second-order valence-corrected chi connectivity index (χ2v) is 7.91. The number of hydrogen-bond acceptors (Lipinski definition) is 8. The minimum Gasteiger partial charge on any atom is -0.481 e. The van der Waals surface area contributed by atoms with Crippen LogP contribution in [0.2, 0.25) is 0 Å². The van der Waals surface area contributed by atoms with Gasteiger partial charge in [0.2, 0.25) is 21.4 Å². The molecule has 0 unspecified atom stereocenters. The molecule has 0 aromatic carbocycles. The molecule has 2 rings (SSSR count). The van der Waals surface area contributed by atoms with Gasteiger partial charge in [-0.15, -0.1) is 0 Å². The van der Waals surface area contributed by atoms with Gasteiger partial charge >= 0.3 is 0 Å². The summed E-state index contributed by atoms with van der Waals surface area (Å²) < 4.78 is 5.70. The number of carbonyl (C=O) groups is 4. The Morgan fingerprint density at radius 3 is 1.41 bits per heavy atom. The molecule has 0 aliphatic rings. The summed E-state index contributed by atoms with van der Waals surface area (Å²) in [6.07, 6.45) is 9.74. The largest absolute Gasteiger partial charge is 0.481 e. The van der Waals surface area contributed by atoms with Crippen LogP contribution in [-0.4, -0.2) is 83.7 Å². The van der Waals surface area contributed by atoms with Crippen LogP contribution in [-0.2, 0) is 19.1 Å². The molecule has 37 heavy (non-hydrogen) atoms. The molecule has 0 spiro atoms. The fourth-order valence-corrected chi connectivity index (χ4v) is 1.33. The Hall–Kier alpha value is -2.02. The minimum absolute atomic E-state index is 0.0116. The summed E-state index contributed by atoms with van der Waals surface area (Å²) in [6.45, 7) is 15.3. The van der Waals surface area contributed by atoms with Crippen LogP contribution in [0, 0.1) is 0 Å². The molecule has 0 bridgehead atoms. The predicted molar refractivity (Wildman–Crippen MR) is 149 cm³/mol. The Morgan fingerprint density at radius 1 is 0.946 bits per heavy atom. The first-order chi connectivity index (χ1) is 17.1. The number of carboxylic acids is 1. The zero-order valence-corrected chi connectivity index (χ0v) is 25.5. The summed E-state index contributed by atoms with van der Waals surface area (Å²) >= 11 is 19.3. The number of rotatable bonds is 4. The second kappa shape index (κ2) is 36.1. The van der Waals surface area contributed by atoms with Crippen molar-refractivity contribution < 1.29 is 29.0 Å². The molecule has 0 fully saturated rings. The van der Waals surface area contributed by atoms with E-state index in [1.165, 1.54) is 58.4 Å². The van der Waals surface area contributed by atoms with Crippen molar-refractivity contribution in [3.63, 3.8) is 0 Å². The van der Waals surface area contributed by atoms with E-state index in [0.717, 1.165) is 6.92 Å². The Morgan fingerprint density at radius 2 is 1.32 bits per heavy atom. The number of nitrogens with zero attached hydrogens (tertiary/aromatic N) is 4. The van der Waals surface area contributed by atoms with Gasteiger partial charge in [0.15, 0.2) is 0 Å². The summed E-state index contributed by atoms with van der Waals surface area (Å²) in [4.78, 5) is 50.3. The Balaban J connectivity index is -0.000000110. The number of ether oxygens (including phenoxy) is 1. The van der Waals surface area contributed by atoms with Crippen LogP contribution in [0.15, 0.2) is 37.4 Å². The van der Waals surface area contributed by atoms with Gasteiger partial charge in [-0.3, -0.25) is 23.7 Å². The third-order valence-corrected chi connectivity index (χ3v) is 3.15. The minimum atomic E-state index is -0.833. The summed E-state index contributed by atoms with van der Waals surface area (Å²) in [5, 5.41) is 6.02. The number of aliphatic carboxylic acids is 1. The maximum absolute atomic E-state index is 10.4. The van der Waals surface area contributed by atoms with Crippen molar-refractivity contribution in [3.8, 4) is 0 Å². The number of nitrogens with one attached hydrogen (secondary N) is 1. The maximum Gasteiger partial charge on any atom is 0.300 e. The predicted octanol–water partition coefficient (Wildman–Crippen LogP) is 5.33. The number of alkyl halides is 2. The van der Waals surface area contributed by atoms with E-state index < -0.39 is 11.0 Å². The number of carboxylic acid groups (broad SMARTS) is 1. The molecule has 0 saturated carbocycles. The quantitative estimate of drug-likeness (QED) is 0.263. The van der Waals surface area contributed by atoms with Crippen LogP contribution in [0.4, 0.5) is 0 Å². The van der Waals surface area contributed by atoms with Gasteiger partial charge in [0.1, 0.15) is 6.33 Å². The maximum atomic E-state index is 10.4. The molecule has 0 aliphatic carbocycles. The van der Waals surface area contributed by atoms with E-state index in [4.69, 9.17) is 33.1 Å². The number of halogens is 4. The molecular formula is C22H39Cl4N5O6. The first kappa shape index (κ1) is 44.9. The highest BCUT2D eigenvalue weighted by Crippen LogP contribution is 1.98. The average molecular weight is 619 g/mol. The molecule has 2 heterocycles. The Kier molecular flexibility index (Phi) is 43.9. The number of carbonyl (C=O) groups excluding carboxylic acids is 3. The number of methoxy groups -OCH3 is 1. The van der Waals surface area contributed by atoms with Gasteiger partial charge in [-0.05, 0) is 42.8 Å². The summed E-state index contributed by atoms with van der Waals surface area (Å²) in [5.41, 5.74) is 0. The van der Waals surface area contributed by atoms with Crippen LogP contribution >= 0.6 is 46.4 Å². The van der Waals surface area contributed by atoms with E-state index >= 15 is 0 Å². The van der Waals surface area contributed by atoms with Crippen molar-refractivity contribution >= 4 is 68.8 Å². The normalized spacial score (nSPS) is 8.38. The number of H-pyrrole nitrogens is 1. The molecular weight excluding hydrogens is 580 g/mol. The van der Waals surface area contributed by atoms with Crippen LogP contribution in [0.25, 0.3) is 0 Å². The Bertz CT molecular complexity index is 682. The van der Waals surface area contributed by atoms with E-state index in [-0.39, 0.29) is 16.4 Å². The van der Waals surface area contributed by atoms with E-state index in [2.05, 4.69) is 68.6 Å². The zero-order valence-electron chi connectivity index (χ0n) is 22.5. The molecule has 0 aliphatic heterocycles. The zero-order chi connectivity index (χ0) is 30.2. The molecule has 2 aromatic rings. The summed E-state index contributed by atoms with van der Waals surface area (Å²) in [7, 11) is 1.44. The topological polar surface area (TPSA) is 147 Å². The molecule has 0 saturated heterocycles. The number of imidazole rings is 2. The summed E-state index contributed by atoms with van der Waals surface area (Å²) in [6, 6.07) is 0. The first-order valence-electron chi connectivity index (χ1n) is 10.6. The molecule has 15 heteroatoms. The SMILES string of the molecule is CCN(CC)CC.COC(Cl)Cl.C[13C](=O)Cl.C[13C](=O)Cl.C[13C](=O)O.C[13C](=O)[15n]1cc[15n]c1.c1c[15nH]c[15n]1. The summed E-state index contributed by atoms with van der Waals surface area (Å²) in [5.74, 6) is -0.845. The highest BCUT2D eigenvalue weighted by atomic mass is 35.5. The van der Waals surface area contributed by atoms with Crippen molar-refractivity contribution in [2.75, 3.05) is 26.7 Å². The van der Waals surface area contributed by atoms with Crippen LogP contribution in [0.3, 0.4) is 0 Å². The third-order valence-electron chi connectivity index (χ3n) is 2.79. The van der Waals surface area contributed by atoms with E-state index in [1.807, 2.05) is 0 Å². The van der Waals surface area contributed by atoms with E-state index in [0.29, 0.717) is 0 Å². The average Bonchev–Trinajstić information content (AvgIpc) is 3.51. The van der Waals surface area contributed by atoms with Crippen LogP contribution in [0.1, 0.15) is 53.3 Å². The molecule has 0 radical (unpaired) electrons. The van der Waals surface area contributed by atoms with E-state index in [1.54, 1.807) is 31.1 Å². The molecule has 0 amide bonds. The second-order valence-electron chi connectivity index (χ2n) is 5.82. The van der Waals surface area contributed by atoms with Gasteiger partial charge in [-0.2, -0.15) is 0 Å². The van der Waals surface area contributed by atoms with Crippen molar-refractivity contribution in [2.45, 2.75) is 53.5 Å². The lowest BCUT2D eigenvalue weighted by molar-refractivity contribution is -0.134. The van der Waals surface area contributed by atoms with Crippen molar-refractivity contribution in [1.29, 1.82) is 0 Å². The lowest BCUT2D eigenvalue weighted by Crippen LogP contribution is -2.21. The molecule has 2 N–H and O–H groups in total. The fourth-order valence-electron chi connectivity index (χ4n) is 1.33. The standard InChI is InChI=1S/C6H15N.C5H6N2O.C3H4N2.C2H4Cl2O.2C2H3ClO.C2H4O2/c1-4-7(5-2)6-3;1-5(8)7-3-2-6-4-7;1-2-5-3-4-1;1-5-2(3)4;3*1-2(3)4/h4-6H2,1-3H3;2-4H,1H3;1-3H,(H,4,5);2H,1H3;2*1H3;1H3,(H,3,4)/i;5+1,6+1,7+1;4+1,5+1;;3*2+1. The molecule has 0 atom stereocenters. The van der Waals surface area contributed by atoms with E-state index in [9.17, 15) is 14.4 Å². The number of aromatic amines is 1. The van der Waals surface area contributed by atoms with Crippen molar-refractivity contribution in [1.82, 2.24) is 24.4 Å². The number of hydrogen-bond donors (Lipinski definition) is 2. The fraction of sp³-hybridized carbons (Fsp3) is 0.545. The van der Waals surface area contributed by atoms with Crippen molar-refractivity contribution in [2.24, 2.45) is 0 Å². The van der Waals surface area contributed by atoms with Gasteiger partial charge in [-0.25, -0.2) is 9.97 Å². The van der Waals surface area contributed by atoms with Crippen LogP contribution in [0.5, 0.6) is 0 Å². The molecule has 2 aromatic heterocycles. The highest BCUT2D eigenvalue weighted by Gasteiger charge is 1.90. The third kappa shape index (κ3) is 71.9.